The summed E-state index contributed by atoms with van der Waals surface area (Å²) in [5.74, 6) is 2.28. The summed E-state index contributed by atoms with van der Waals surface area (Å²) < 4.78 is 18.1. The SMILES string of the molecule is CN=C(NCCSc1ccc(F)cc1)N1CCC(COC)C1.I. The van der Waals surface area contributed by atoms with Gasteiger partial charge in [0, 0.05) is 50.4 Å². The third-order valence-corrected chi connectivity index (χ3v) is 4.68. The molecule has 1 aliphatic rings. The van der Waals surface area contributed by atoms with Crippen molar-refractivity contribution in [3.8, 4) is 0 Å². The summed E-state index contributed by atoms with van der Waals surface area (Å²) in [6.07, 6.45) is 1.15. The number of nitrogens with zero attached hydrogens (tertiary/aromatic N) is 2. The first-order chi connectivity index (χ1) is 10.7. The molecule has 1 aliphatic heterocycles. The van der Waals surface area contributed by atoms with Gasteiger partial charge in [-0.3, -0.25) is 4.99 Å². The number of hydrogen-bond acceptors (Lipinski definition) is 3. The standard InChI is InChI=1S/C16H24FN3OS.HI/c1-18-16(20-9-7-13(11-20)12-21-2)19-8-10-22-15-5-3-14(17)4-6-15;/h3-6,13H,7-12H2,1-2H3,(H,18,19);1H. The Hall–Kier alpha value is -0.540. The average Bonchev–Trinajstić information content (AvgIpc) is 2.98. The smallest absolute Gasteiger partial charge is 0.193 e. The first kappa shape index (κ1) is 20.5. The molecular formula is C16H25FIN3OS. The van der Waals surface area contributed by atoms with Gasteiger partial charge in [0.05, 0.1) is 6.61 Å². The van der Waals surface area contributed by atoms with Gasteiger partial charge < -0.3 is 15.0 Å². The van der Waals surface area contributed by atoms with Crippen LogP contribution in [0.25, 0.3) is 0 Å². The molecule has 0 amide bonds. The molecule has 1 aromatic carbocycles. The molecule has 1 N–H and O–H groups in total. The highest BCUT2D eigenvalue weighted by Gasteiger charge is 2.24. The van der Waals surface area contributed by atoms with Crippen molar-refractivity contribution in [3.05, 3.63) is 30.1 Å². The molecule has 1 heterocycles. The quantitative estimate of drug-likeness (QED) is 0.236. The van der Waals surface area contributed by atoms with Gasteiger partial charge in [-0.05, 0) is 30.7 Å². The summed E-state index contributed by atoms with van der Waals surface area (Å²) in [4.78, 5) is 7.72. The van der Waals surface area contributed by atoms with Crippen molar-refractivity contribution in [1.29, 1.82) is 0 Å². The van der Waals surface area contributed by atoms with Crippen molar-refractivity contribution in [2.24, 2.45) is 10.9 Å². The van der Waals surface area contributed by atoms with Gasteiger partial charge in [-0.2, -0.15) is 0 Å². The molecule has 130 valence electrons. The summed E-state index contributed by atoms with van der Waals surface area (Å²) in [5, 5.41) is 3.40. The maximum atomic E-state index is 12.8. The topological polar surface area (TPSA) is 36.9 Å². The van der Waals surface area contributed by atoms with Gasteiger partial charge in [0.25, 0.3) is 0 Å². The van der Waals surface area contributed by atoms with Crippen molar-refractivity contribution >= 4 is 41.7 Å². The number of halogens is 2. The molecule has 1 aromatic rings. The Balaban J connectivity index is 0.00000264. The molecule has 0 radical (unpaired) electrons. The first-order valence-corrected chi connectivity index (χ1v) is 8.54. The van der Waals surface area contributed by atoms with E-state index in [2.05, 4.69) is 15.2 Å². The van der Waals surface area contributed by atoms with Crippen LogP contribution in [0.5, 0.6) is 0 Å². The second-order valence-corrected chi connectivity index (χ2v) is 6.50. The summed E-state index contributed by atoms with van der Waals surface area (Å²) in [6.45, 7) is 3.67. The Kier molecular flexibility index (Phi) is 9.89. The minimum Gasteiger partial charge on any atom is -0.384 e. The minimum atomic E-state index is -0.192. The zero-order valence-corrected chi connectivity index (χ0v) is 16.8. The lowest BCUT2D eigenvalue weighted by Crippen LogP contribution is -2.41. The molecule has 7 heteroatoms. The van der Waals surface area contributed by atoms with Crippen molar-refractivity contribution in [1.82, 2.24) is 10.2 Å². The van der Waals surface area contributed by atoms with Gasteiger partial charge in [-0.25, -0.2) is 4.39 Å². The number of guanidine groups is 1. The van der Waals surface area contributed by atoms with Gasteiger partial charge in [0.15, 0.2) is 5.96 Å². The maximum absolute atomic E-state index is 12.8. The van der Waals surface area contributed by atoms with Gasteiger partial charge in [0.1, 0.15) is 5.82 Å². The molecule has 0 spiro atoms. The van der Waals surface area contributed by atoms with E-state index in [9.17, 15) is 4.39 Å². The molecule has 1 atom stereocenters. The highest BCUT2D eigenvalue weighted by molar-refractivity contribution is 14.0. The van der Waals surface area contributed by atoms with Crippen molar-refractivity contribution in [3.63, 3.8) is 0 Å². The number of nitrogens with one attached hydrogen (secondary N) is 1. The Labute approximate surface area is 159 Å². The predicted molar refractivity (Wildman–Crippen MR) is 105 cm³/mol. The number of benzene rings is 1. The number of thioether (sulfide) groups is 1. The van der Waals surface area contributed by atoms with E-state index in [1.165, 1.54) is 12.1 Å². The summed E-state index contributed by atoms with van der Waals surface area (Å²) in [7, 11) is 3.57. The molecule has 0 aromatic heterocycles. The first-order valence-electron chi connectivity index (χ1n) is 7.56. The highest BCUT2D eigenvalue weighted by Crippen LogP contribution is 2.18. The van der Waals surface area contributed by atoms with E-state index in [4.69, 9.17) is 4.74 Å². The van der Waals surface area contributed by atoms with Gasteiger partial charge in [-0.1, -0.05) is 0 Å². The van der Waals surface area contributed by atoms with Crippen LogP contribution in [-0.4, -0.2) is 57.0 Å². The van der Waals surface area contributed by atoms with E-state index in [0.29, 0.717) is 5.92 Å². The molecule has 1 saturated heterocycles. The molecule has 23 heavy (non-hydrogen) atoms. The molecule has 0 aliphatic carbocycles. The van der Waals surface area contributed by atoms with Gasteiger partial charge in [0.2, 0.25) is 0 Å². The second kappa shape index (κ2) is 11.1. The van der Waals surface area contributed by atoms with Crippen LogP contribution in [0.3, 0.4) is 0 Å². The van der Waals surface area contributed by atoms with Crippen LogP contribution in [0.15, 0.2) is 34.2 Å². The summed E-state index contributed by atoms with van der Waals surface area (Å²) >= 11 is 1.71. The summed E-state index contributed by atoms with van der Waals surface area (Å²) in [5.41, 5.74) is 0. The Morgan fingerprint density at radius 2 is 2.17 bits per heavy atom. The fourth-order valence-corrected chi connectivity index (χ4v) is 3.36. The monoisotopic (exact) mass is 453 g/mol. The van der Waals surface area contributed by atoms with E-state index in [0.717, 1.165) is 49.3 Å². The van der Waals surface area contributed by atoms with Crippen molar-refractivity contribution in [2.75, 3.05) is 46.2 Å². The van der Waals surface area contributed by atoms with E-state index in [1.54, 1.807) is 18.9 Å². The van der Waals surface area contributed by atoms with Crippen molar-refractivity contribution < 1.29 is 9.13 Å². The van der Waals surface area contributed by atoms with E-state index < -0.39 is 0 Å². The molecule has 0 saturated carbocycles. The Bertz CT molecular complexity index is 487. The van der Waals surface area contributed by atoms with Gasteiger partial charge in [-0.15, -0.1) is 35.7 Å². The van der Waals surface area contributed by atoms with Crippen LogP contribution >= 0.6 is 35.7 Å². The Morgan fingerprint density at radius 3 is 2.83 bits per heavy atom. The number of likely N-dealkylation sites (tertiary alicyclic amines) is 1. The molecule has 1 fully saturated rings. The van der Waals surface area contributed by atoms with E-state index in [-0.39, 0.29) is 29.8 Å². The van der Waals surface area contributed by atoms with Crippen LogP contribution in [0, 0.1) is 11.7 Å². The minimum absolute atomic E-state index is 0. The third-order valence-electron chi connectivity index (χ3n) is 3.67. The zero-order chi connectivity index (χ0) is 15.8. The molecule has 1 unspecified atom stereocenters. The predicted octanol–water partition coefficient (Wildman–Crippen LogP) is 3.08. The average molecular weight is 453 g/mol. The van der Waals surface area contributed by atoms with Crippen LogP contribution < -0.4 is 5.32 Å². The number of methoxy groups -OCH3 is 1. The summed E-state index contributed by atoms with van der Waals surface area (Å²) in [6, 6.07) is 6.61. The second-order valence-electron chi connectivity index (χ2n) is 5.33. The number of ether oxygens (including phenoxy) is 1. The largest absolute Gasteiger partial charge is 0.384 e. The zero-order valence-electron chi connectivity index (χ0n) is 13.6. The fourth-order valence-electron chi connectivity index (χ4n) is 2.59. The lowest BCUT2D eigenvalue weighted by atomic mass is 10.1. The number of hydrogen-bond donors (Lipinski definition) is 1. The lowest BCUT2D eigenvalue weighted by Gasteiger charge is -2.21. The molecule has 2 rings (SSSR count). The van der Waals surface area contributed by atoms with E-state index in [1.807, 2.05) is 19.2 Å². The normalized spacial score (nSPS) is 18.0. The Morgan fingerprint density at radius 1 is 1.43 bits per heavy atom. The van der Waals surface area contributed by atoms with Gasteiger partial charge >= 0.3 is 0 Å². The lowest BCUT2D eigenvalue weighted by molar-refractivity contribution is 0.157. The maximum Gasteiger partial charge on any atom is 0.193 e. The van der Waals surface area contributed by atoms with Crippen LogP contribution in [-0.2, 0) is 4.74 Å². The van der Waals surface area contributed by atoms with Crippen LogP contribution in [0.1, 0.15) is 6.42 Å². The number of aliphatic imine (C=N–C) groups is 1. The molecular weight excluding hydrogens is 428 g/mol. The highest BCUT2D eigenvalue weighted by atomic mass is 127. The third kappa shape index (κ3) is 6.84. The van der Waals surface area contributed by atoms with Crippen LogP contribution in [0.4, 0.5) is 4.39 Å². The molecule has 4 nitrogen and oxygen atoms in total. The van der Waals surface area contributed by atoms with E-state index >= 15 is 0 Å². The van der Waals surface area contributed by atoms with Crippen LogP contribution in [0.2, 0.25) is 0 Å². The fraction of sp³-hybridized carbons (Fsp3) is 0.562. The molecule has 0 bridgehead atoms. The number of rotatable bonds is 6. The van der Waals surface area contributed by atoms with Crippen molar-refractivity contribution in [2.45, 2.75) is 11.3 Å².